The molecule has 10 nitrogen and oxygen atoms in total. The summed E-state index contributed by atoms with van der Waals surface area (Å²) in [5.74, 6) is -4.06. The van der Waals surface area contributed by atoms with Crippen LogP contribution in [-0.2, 0) is 31.0 Å². The predicted molar refractivity (Wildman–Crippen MR) is 165 cm³/mol. The Labute approximate surface area is 267 Å². The number of anilines is 2. The van der Waals surface area contributed by atoms with Crippen LogP contribution in [0.3, 0.4) is 0 Å². The molecule has 0 spiro atoms. The summed E-state index contributed by atoms with van der Waals surface area (Å²) in [6.45, 7) is -0.439. The molecule has 1 aromatic heterocycles. The summed E-state index contributed by atoms with van der Waals surface area (Å²) in [4.78, 5) is 54.8. The van der Waals surface area contributed by atoms with Crippen molar-refractivity contribution in [2.24, 2.45) is 11.1 Å². The van der Waals surface area contributed by atoms with Gasteiger partial charge >= 0.3 is 4.87 Å². The molecule has 16 heteroatoms. The Morgan fingerprint density at radius 2 is 1.66 bits per heavy atom. The highest BCUT2D eigenvalue weighted by Crippen LogP contribution is 2.55. The van der Waals surface area contributed by atoms with Gasteiger partial charge in [0.2, 0.25) is 27.7 Å². The number of thiazole rings is 1. The number of hydrogen-bond acceptors (Lipinski definition) is 8. The van der Waals surface area contributed by atoms with E-state index in [4.69, 9.17) is 28.3 Å². The molecule has 3 amide bonds. The van der Waals surface area contributed by atoms with Crippen molar-refractivity contribution in [1.82, 2.24) is 4.57 Å². The van der Waals surface area contributed by atoms with Crippen LogP contribution in [0.15, 0.2) is 81.4 Å². The van der Waals surface area contributed by atoms with E-state index in [0.717, 1.165) is 40.1 Å². The Hall–Kier alpha value is -3.53. The van der Waals surface area contributed by atoms with E-state index in [-0.39, 0.29) is 26.3 Å². The fourth-order valence-electron chi connectivity index (χ4n) is 5.27. The zero-order valence-electron chi connectivity index (χ0n) is 22.1. The number of fused-ring (bicyclic) bond motifs is 2. The highest BCUT2D eigenvalue weighted by molar-refractivity contribution is 8.00. The summed E-state index contributed by atoms with van der Waals surface area (Å²) in [5, 5.41) is 7.43. The second-order valence-corrected chi connectivity index (χ2v) is 14.4. The van der Waals surface area contributed by atoms with Crippen LogP contribution in [-0.4, -0.2) is 36.0 Å². The molecule has 0 saturated carbocycles. The van der Waals surface area contributed by atoms with E-state index in [1.165, 1.54) is 41.0 Å². The van der Waals surface area contributed by atoms with Gasteiger partial charge in [-0.15, -0.1) is 0 Å². The molecule has 226 valence electrons. The molecule has 0 bridgehead atoms. The second-order valence-electron chi connectivity index (χ2n) is 9.91. The van der Waals surface area contributed by atoms with E-state index < -0.39 is 62.1 Å². The number of nitrogens with one attached hydrogen (secondary N) is 1. The van der Waals surface area contributed by atoms with Crippen molar-refractivity contribution >= 4 is 85.4 Å². The summed E-state index contributed by atoms with van der Waals surface area (Å²) in [5.41, 5.74) is 0.897. The van der Waals surface area contributed by atoms with Gasteiger partial charge in [-0.25, -0.2) is 22.8 Å². The highest BCUT2D eigenvalue weighted by atomic mass is 35.5. The minimum atomic E-state index is -3.93. The molecule has 0 unspecified atom stereocenters. The average molecular weight is 694 g/mol. The van der Waals surface area contributed by atoms with Crippen molar-refractivity contribution in [3.05, 3.63) is 103 Å². The number of sulfonamides is 1. The molecule has 4 aromatic rings. The third kappa shape index (κ3) is 5.35. The van der Waals surface area contributed by atoms with Gasteiger partial charge in [-0.1, -0.05) is 58.4 Å². The normalized spacial score (nSPS) is 19.5. The molecule has 3 N–H and O–H groups in total. The van der Waals surface area contributed by atoms with Crippen molar-refractivity contribution in [1.29, 1.82) is 0 Å². The first-order valence-corrected chi connectivity index (χ1v) is 16.7. The fourth-order valence-corrected chi connectivity index (χ4v) is 8.97. The van der Waals surface area contributed by atoms with Crippen molar-refractivity contribution in [2.75, 3.05) is 10.2 Å². The van der Waals surface area contributed by atoms with Gasteiger partial charge < -0.3 is 5.32 Å². The molecule has 0 radical (unpaired) electrons. The number of carbonyl (C=O) groups excluding carboxylic acids is 3. The zero-order valence-corrected chi connectivity index (χ0v) is 26.0. The molecule has 2 aliphatic heterocycles. The fraction of sp³-hybridized carbons (Fsp3) is 0.143. The number of rotatable bonds is 6. The van der Waals surface area contributed by atoms with E-state index in [0.29, 0.717) is 15.5 Å². The monoisotopic (exact) mass is 692 g/mol. The van der Waals surface area contributed by atoms with Crippen LogP contribution in [0.2, 0.25) is 10.0 Å². The Bertz CT molecular complexity index is 2020. The molecule has 44 heavy (non-hydrogen) atoms. The number of aromatic nitrogens is 1. The van der Waals surface area contributed by atoms with Crippen molar-refractivity contribution in [3.8, 4) is 0 Å². The van der Waals surface area contributed by atoms with Crippen LogP contribution < -0.4 is 20.2 Å². The van der Waals surface area contributed by atoms with E-state index in [1.807, 2.05) is 0 Å². The minimum Gasteiger partial charge on any atom is -0.325 e. The number of halogens is 3. The molecule has 1 fully saturated rings. The Balaban J connectivity index is 1.39. The standard InChI is InChI=1S/C28H19Cl2FN4O6S3/c29-18-3-1-2-17(22(18)30)20-21-23(26(38)35(25(21)37)15-8-4-13(31)5-9-15)42-27-24(20)43-28(39)34(27)12-19(36)33-14-6-10-16(11-7-14)44(32,40)41/h1-11,20-21,23H,12H2,(H,33,36)(H2,32,40,41)/t20-,21-,23+/m0/s1. The minimum absolute atomic E-state index is 0.138. The number of benzene rings is 3. The quantitative estimate of drug-likeness (QED) is 0.284. The number of amides is 3. The maximum absolute atomic E-state index is 13.9. The second kappa shape index (κ2) is 11.4. The lowest BCUT2D eigenvalue weighted by Crippen LogP contribution is -2.33. The van der Waals surface area contributed by atoms with Crippen molar-refractivity contribution < 1.29 is 27.2 Å². The average Bonchev–Trinajstić information content (AvgIpc) is 3.41. The van der Waals surface area contributed by atoms with Gasteiger partial charge in [0.05, 0.1) is 31.6 Å². The smallest absolute Gasteiger partial charge is 0.308 e. The largest absolute Gasteiger partial charge is 0.325 e. The summed E-state index contributed by atoms with van der Waals surface area (Å²) < 4.78 is 37.9. The number of imide groups is 1. The van der Waals surface area contributed by atoms with Crippen LogP contribution in [0.25, 0.3) is 0 Å². The van der Waals surface area contributed by atoms with Gasteiger partial charge in [-0.05, 0) is 60.2 Å². The Morgan fingerprint density at radius 3 is 2.32 bits per heavy atom. The first-order valence-electron chi connectivity index (χ1n) is 12.8. The summed E-state index contributed by atoms with van der Waals surface area (Å²) in [6, 6.07) is 15.0. The van der Waals surface area contributed by atoms with Gasteiger partial charge in [0.25, 0.3) is 0 Å². The third-order valence-electron chi connectivity index (χ3n) is 7.22. The lowest BCUT2D eigenvalue weighted by Gasteiger charge is -2.31. The highest BCUT2D eigenvalue weighted by Gasteiger charge is 2.57. The van der Waals surface area contributed by atoms with E-state index in [1.54, 1.807) is 18.2 Å². The first kappa shape index (κ1) is 30.5. The van der Waals surface area contributed by atoms with Crippen LogP contribution in [0.5, 0.6) is 0 Å². The van der Waals surface area contributed by atoms with Gasteiger partial charge in [0.1, 0.15) is 17.6 Å². The number of thioether (sulfide) groups is 1. The zero-order chi connectivity index (χ0) is 31.5. The molecule has 3 heterocycles. The third-order valence-corrected chi connectivity index (χ3v) is 11.6. The van der Waals surface area contributed by atoms with Crippen LogP contribution in [0.1, 0.15) is 16.4 Å². The summed E-state index contributed by atoms with van der Waals surface area (Å²) in [7, 11) is -3.93. The molecule has 3 atom stereocenters. The van der Waals surface area contributed by atoms with E-state index >= 15 is 0 Å². The molecular weight excluding hydrogens is 674 g/mol. The number of nitrogens with zero attached hydrogens (tertiary/aromatic N) is 2. The molecule has 6 rings (SSSR count). The van der Waals surface area contributed by atoms with E-state index in [2.05, 4.69) is 5.32 Å². The van der Waals surface area contributed by atoms with Gasteiger partial charge in [0, 0.05) is 16.5 Å². The molecule has 1 saturated heterocycles. The molecule has 0 aliphatic carbocycles. The maximum Gasteiger partial charge on any atom is 0.308 e. The first-order chi connectivity index (χ1) is 20.8. The number of nitrogens with two attached hydrogens (primary N) is 1. The van der Waals surface area contributed by atoms with Crippen LogP contribution in [0, 0.1) is 11.7 Å². The van der Waals surface area contributed by atoms with Crippen LogP contribution in [0.4, 0.5) is 15.8 Å². The molecule has 3 aromatic carbocycles. The Morgan fingerprint density at radius 1 is 0.977 bits per heavy atom. The van der Waals surface area contributed by atoms with E-state index in [9.17, 15) is 32.0 Å². The lowest BCUT2D eigenvalue weighted by molar-refractivity contribution is -0.122. The molecule has 2 aliphatic rings. The number of hydrogen-bond donors (Lipinski definition) is 2. The van der Waals surface area contributed by atoms with Gasteiger partial charge in [0.15, 0.2) is 0 Å². The van der Waals surface area contributed by atoms with Crippen molar-refractivity contribution in [2.45, 2.75) is 27.6 Å². The Kier molecular flexibility index (Phi) is 7.93. The number of primary sulfonamides is 1. The van der Waals surface area contributed by atoms with Gasteiger partial charge in [-0.2, -0.15) is 0 Å². The van der Waals surface area contributed by atoms with Gasteiger partial charge in [-0.3, -0.25) is 23.7 Å². The number of carbonyl (C=O) groups is 3. The topological polar surface area (TPSA) is 149 Å². The summed E-state index contributed by atoms with van der Waals surface area (Å²) in [6.07, 6.45) is 0. The maximum atomic E-state index is 13.9. The van der Waals surface area contributed by atoms with Crippen molar-refractivity contribution in [3.63, 3.8) is 0 Å². The van der Waals surface area contributed by atoms with Crippen LogP contribution >= 0.6 is 46.3 Å². The lowest BCUT2D eigenvalue weighted by atomic mass is 9.83. The summed E-state index contributed by atoms with van der Waals surface area (Å²) >= 11 is 14.8. The predicted octanol–water partition coefficient (Wildman–Crippen LogP) is 4.44. The molecular formula is C28H19Cl2FN4O6S3. The SMILES string of the molecule is NS(=O)(=O)c1ccc(NC(=O)Cn2c3c(sc2=O)[C@@H](c2cccc(Cl)c2Cl)[C@@H]2C(=O)N(c4ccc(F)cc4)C(=O)[C@@H]2S3)cc1.